The lowest BCUT2D eigenvalue weighted by Gasteiger charge is -2.18. The Morgan fingerprint density at radius 2 is 2.25 bits per heavy atom. The molecule has 1 N–H and O–H groups in total. The highest BCUT2D eigenvalue weighted by Crippen LogP contribution is 2.50. The third kappa shape index (κ3) is 2.64. The summed E-state index contributed by atoms with van der Waals surface area (Å²) in [4.78, 5) is 4.20. The molecule has 2 heterocycles. The van der Waals surface area contributed by atoms with Crippen molar-refractivity contribution in [2.75, 3.05) is 27.6 Å². The van der Waals surface area contributed by atoms with Crippen LogP contribution in [0.3, 0.4) is 0 Å². The Labute approximate surface area is 118 Å². The van der Waals surface area contributed by atoms with Gasteiger partial charge in [0.15, 0.2) is 0 Å². The number of nitrogens with zero attached hydrogens (tertiary/aromatic N) is 1. The molecule has 0 radical (unpaired) electrons. The average Bonchev–Trinajstić information content (AvgIpc) is 3.22. The Hall–Kier alpha value is -1.21. The SMILES string of the molecule is CC[C@]1(c2ccnc(OC)c2COCOC)OC1CO. The number of aliphatic hydroxyl groups is 1. The van der Waals surface area contributed by atoms with Crippen LogP contribution in [0.1, 0.15) is 24.5 Å². The van der Waals surface area contributed by atoms with Gasteiger partial charge in [0.05, 0.1) is 20.3 Å². The number of aromatic nitrogens is 1. The zero-order valence-electron chi connectivity index (χ0n) is 12.1. The molecule has 1 aliphatic heterocycles. The van der Waals surface area contributed by atoms with Gasteiger partial charge in [-0.05, 0) is 18.1 Å². The van der Waals surface area contributed by atoms with Crippen molar-refractivity contribution in [2.24, 2.45) is 0 Å². The van der Waals surface area contributed by atoms with Crippen LogP contribution in [-0.2, 0) is 26.4 Å². The minimum Gasteiger partial charge on any atom is -0.481 e. The van der Waals surface area contributed by atoms with E-state index in [1.807, 2.05) is 13.0 Å². The van der Waals surface area contributed by atoms with Crippen molar-refractivity contribution in [3.63, 3.8) is 0 Å². The van der Waals surface area contributed by atoms with Crippen molar-refractivity contribution in [1.29, 1.82) is 0 Å². The maximum absolute atomic E-state index is 9.34. The Morgan fingerprint density at radius 1 is 1.45 bits per heavy atom. The van der Waals surface area contributed by atoms with Crippen LogP contribution in [-0.4, -0.2) is 43.8 Å². The van der Waals surface area contributed by atoms with E-state index in [2.05, 4.69) is 4.98 Å². The second-order valence-corrected chi connectivity index (χ2v) is 4.63. The first-order valence-corrected chi connectivity index (χ1v) is 6.61. The van der Waals surface area contributed by atoms with Gasteiger partial charge in [-0.25, -0.2) is 4.98 Å². The van der Waals surface area contributed by atoms with Crippen LogP contribution in [0.15, 0.2) is 12.3 Å². The third-order valence-electron chi connectivity index (χ3n) is 3.62. The van der Waals surface area contributed by atoms with Crippen molar-refractivity contribution in [1.82, 2.24) is 4.98 Å². The summed E-state index contributed by atoms with van der Waals surface area (Å²) in [6.45, 7) is 2.55. The van der Waals surface area contributed by atoms with E-state index >= 15 is 0 Å². The fraction of sp³-hybridized carbons (Fsp3) is 0.643. The molecule has 2 rings (SSSR count). The molecule has 1 aliphatic rings. The smallest absolute Gasteiger partial charge is 0.218 e. The number of aliphatic hydroxyl groups excluding tert-OH is 1. The lowest BCUT2D eigenvalue weighted by molar-refractivity contribution is -0.0401. The number of rotatable bonds is 8. The van der Waals surface area contributed by atoms with Crippen molar-refractivity contribution < 1.29 is 24.1 Å². The zero-order valence-corrected chi connectivity index (χ0v) is 12.1. The first kappa shape index (κ1) is 15.2. The summed E-state index contributed by atoms with van der Waals surface area (Å²) >= 11 is 0. The van der Waals surface area contributed by atoms with E-state index in [1.165, 1.54) is 0 Å². The first-order valence-electron chi connectivity index (χ1n) is 6.61. The number of epoxide rings is 1. The van der Waals surface area contributed by atoms with Crippen molar-refractivity contribution in [3.8, 4) is 5.88 Å². The van der Waals surface area contributed by atoms with Crippen molar-refractivity contribution in [3.05, 3.63) is 23.4 Å². The van der Waals surface area contributed by atoms with Gasteiger partial charge in [-0.15, -0.1) is 0 Å². The van der Waals surface area contributed by atoms with Gasteiger partial charge in [0.1, 0.15) is 18.5 Å². The quantitative estimate of drug-likeness (QED) is 0.439. The molecule has 0 saturated carbocycles. The van der Waals surface area contributed by atoms with Crippen LogP contribution in [0.4, 0.5) is 0 Å². The van der Waals surface area contributed by atoms with Crippen molar-refractivity contribution >= 4 is 0 Å². The summed E-state index contributed by atoms with van der Waals surface area (Å²) < 4.78 is 21.3. The van der Waals surface area contributed by atoms with Gasteiger partial charge in [0.2, 0.25) is 5.88 Å². The number of ether oxygens (including phenoxy) is 4. The molecule has 1 aromatic rings. The predicted molar refractivity (Wildman–Crippen MR) is 71.4 cm³/mol. The molecule has 112 valence electrons. The Morgan fingerprint density at radius 3 is 2.80 bits per heavy atom. The van der Waals surface area contributed by atoms with E-state index in [0.29, 0.717) is 12.5 Å². The second kappa shape index (κ2) is 6.49. The van der Waals surface area contributed by atoms with Crippen LogP contribution in [0.2, 0.25) is 0 Å². The molecule has 1 saturated heterocycles. The Bertz CT molecular complexity index is 453. The molecule has 0 spiro atoms. The van der Waals surface area contributed by atoms with Crippen LogP contribution < -0.4 is 4.74 Å². The largest absolute Gasteiger partial charge is 0.481 e. The number of pyridine rings is 1. The van der Waals surface area contributed by atoms with Crippen LogP contribution in [0, 0.1) is 0 Å². The fourth-order valence-corrected chi connectivity index (χ4v) is 2.56. The van der Waals surface area contributed by atoms with Gasteiger partial charge in [0.25, 0.3) is 0 Å². The molecule has 0 aromatic carbocycles. The van der Waals surface area contributed by atoms with E-state index in [4.69, 9.17) is 18.9 Å². The molecule has 0 amide bonds. The maximum Gasteiger partial charge on any atom is 0.218 e. The molecule has 0 aliphatic carbocycles. The van der Waals surface area contributed by atoms with Crippen LogP contribution >= 0.6 is 0 Å². The second-order valence-electron chi connectivity index (χ2n) is 4.63. The number of hydrogen-bond acceptors (Lipinski definition) is 6. The number of hydrogen-bond donors (Lipinski definition) is 1. The summed E-state index contributed by atoms with van der Waals surface area (Å²) in [6, 6.07) is 1.90. The van der Waals surface area contributed by atoms with Gasteiger partial charge >= 0.3 is 0 Å². The summed E-state index contributed by atoms with van der Waals surface area (Å²) in [5.41, 5.74) is 1.34. The van der Waals surface area contributed by atoms with Gasteiger partial charge in [-0.3, -0.25) is 0 Å². The highest BCUT2D eigenvalue weighted by molar-refractivity contribution is 5.41. The van der Waals surface area contributed by atoms with Gasteiger partial charge < -0.3 is 24.1 Å². The molecular formula is C14H21NO5. The number of methoxy groups -OCH3 is 2. The summed E-state index contributed by atoms with van der Waals surface area (Å²) in [5, 5.41) is 9.34. The average molecular weight is 283 g/mol. The van der Waals surface area contributed by atoms with E-state index in [9.17, 15) is 5.11 Å². The first-order chi connectivity index (χ1) is 9.73. The summed E-state index contributed by atoms with van der Waals surface area (Å²) in [6.07, 6.45) is 2.27. The lowest BCUT2D eigenvalue weighted by Crippen LogP contribution is -2.18. The molecule has 1 aromatic heterocycles. The van der Waals surface area contributed by atoms with Gasteiger partial charge in [0, 0.05) is 18.9 Å². The van der Waals surface area contributed by atoms with E-state index < -0.39 is 5.60 Å². The standard InChI is InChI=1S/C14H21NO5/c1-4-14(12(7-16)20-14)11-5-6-15-13(18-3)10(11)8-19-9-17-2/h5-6,12,16H,4,7-9H2,1-3H3/t12?,14-/m1/s1. The minimum atomic E-state index is -0.462. The summed E-state index contributed by atoms with van der Waals surface area (Å²) in [5.74, 6) is 0.513. The van der Waals surface area contributed by atoms with E-state index in [0.717, 1.165) is 17.5 Å². The molecule has 2 atom stereocenters. The van der Waals surface area contributed by atoms with Gasteiger partial charge in [-0.1, -0.05) is 6.92 Å². The van der Waals surface area contributed by atoms with Crippen molar-refractivity contribution in [2.45, 2.75) is 31.7 Å². The monoisotopic (exact) mass is 283 g/mol. The highest BCUT2D eigenvalue weighted by atomic mass is 16.7. The maximum atomic E-state index is 9.34. The van der Waals surface area contributed by atoms with E-state index in [1.54, 1.807) is 20.4 Å². The van der Waals surface area contributed by atoms with Gasteiger partial charge in [-0.2, -0.15) is 0 Å². The predicted octanol–water partition coefficient (Wildman–Crippen LogP) is 1.21. The Balaban J connectivity index is 2.32. The summed E-state index contributed by atoms with van der Waals surface area (Å²) in [7, 11) is 3.14. The van der Waals surface area contributed by atoms with Crippen LogP contribution in [0.25, 0.3) is 0 Å². The molecule has 1 unspecified atom stereocenters. The van der Waals surface area contributed by atoms with E-state index in [-0.39, 0.29) is 19.5 Å². The zero-order chi connectivity index (χ0) is 14.6. The normalized spacial score (nSPS) is 24.7. The Kier molecular flexibility index (Phi) is 4.93. The topological polar surface area (TPSA) is 73.3 Å². The molecule has 6 nitrogen and oxygen atoms in total. The molecule has 1 fully saturated rings. The molecule has 20 heavy (non-hydrogen) atoms. The van der Waals surface area contributed by atoms with Crippen LogP contribution in [0.5, 0.6) is 5.88 Å². The molecular weight excluding hydrogens is 262 g/mol. The highest BCUT2D eigenvalue weighted by Gasteiger charge is 2.57. The fourth-order valence-electron chi connectivity index (χ4n) is 2.56. The third-order valence-corrected chi connectivity index (χ3v) is 3.62. The lowest BCUT2D eigenvalue weighted by atomic mass is 9.90. The molecule has 0 bridgehead atoms. The molecule has 6 heteroatoms. The minimum absolute atomic E-state index is 0.00313.